The molecule has 3 rings (SSSR count). The van der Waals surface area contributed by atoms with Crippen LogP contribution >= 0.6 is 0 Å². The molecule has 1 unspecified atom stereocenters. The minimum absolute atomic E-state index is 0.131. The average Bonchev–Trinajstić information content (AvgIpc) is 2.91. The van der Waals surface area contributed by atoms with Gasteiger partial charge in [0.05, 0.1) is 0 Å². The fourth-order valence-corrected chi connectivity index (χ4v) is 3.25. The van der Waals surface area contributed by atoms with Gasteiger partial charge >= 0.3 is 0 Å². The molecule has 0 heterocycles. The van der Waals surface area contributed by atoms with Crippen molar-refractivity contribution in [3.63, 3.8) is 0 Å². The predicted octanol–water partition coefficient (Wildman–Crippen LogP) is 3.78. The fraction of sp³-hybridized carbons (Fsp3) is 0.294. The molecule has 0 amide bonds. The normalized spacial score (nSPS) is 16.0. The van der Waals surface area contributed by atoms with Crippen LogP contribution in [-0.4, -0.2) is 7.05 Å². The Hall–Kier alpha value is -1.81. The predicted molar refractivity (Wildman–Crippen MR) is 75.5 cm³/mol. The minimum Gasteiger partial charge on any atom is -0.313 e. The molecule has 0 saturated heterocycles. The lowest BCUT2D eigenvalue weighted by Gasteiger charge is -2.24. The summed E-state index contributed by atoms with van der Waals surface area (Å²) in [5.74, 6) is -3.51. The van der Waals surface area contributed by atoms with Crippen molar-refractivity contribution in [2.75, 3.05) is 7.05 Å². The second-order valence-electron chi connectivity index (χ2n) is 5.47. The summed E-state index contributed by atoms with van der Waals surface area (Å²) in [4.78, 5) is 0. The van der Waals surface area contributed by atoms with Crippen LogP contribution in [0.4, 0.5) is 13.2 Å². The second kappa shape index (κ2) is 5.53. The van der Waals surface area contributed by atoms with Crippen LogP contribution < -0.4 is 5.32 Å². The van der Waals surface area contributed by atoms with Crippen molar-refractivity contribution in [1.82, 2.24) is 5.32 Å². The molecule has 1 N–H and O–H groups in total. The Balaban J connectivity index is 1.93. The highest BCUT2D eigenvalue weighted by atomic mass is 19.2. The van der Waals surface area contributed by atoms with Gasteiger partial charge in [0.25, 0.3) is 0 Å². The first-order chi connectivity index (χ1) is 10.1. The third-order valence-electron chi connectivity index (χ3n) is 4.27. The molecular weight excluding hydrogens is 275 g/mol. The lowest BCUT2D eigenvalue weighted by Crippen LogP contribution is -2.27. The Morgan fingerprint density at radius 2 is 1.57 bits per heavy atom. The molecule has 0 spiro atoms. The van der Waals surface area contributed by atoms with Crippen LogP contribution in [0.2, 0.25) is 0 Å². The third kappa shape index (κ3) is 2.44. The lowest BCUT2D eigenvalue weighted by atomic mass is 9.90. The van der Waals surface area contributed by atoms with Crippen LogP contribution in [0.15, 0.2) is 36.4 Å². The Kier molecular flexibility index (Phi) is 3.72. The van der Waals surface area contributed by atoms with Crippen molar-refractivity contribution >= 4 is 0 Å². The number of nitrogens with one attached hydrogen (secondary N) is 1. The van der Waals surface area contributed by atoms with Gasteiger partial charge < -0.3 is 5.32 Å². The van der Waals surface area contributed by atoms with Gasteiger partial charge in [0.1, 0.15) is 0 Å². The largest absolute Gasteiger partial charge is 0.313 e. The Morgan fingerprint density at radius 3 is 2.14 bits per heavy atom. The summed E-state index contributed by atoms with van der Waals surface area (Å²) in [6.45, 7) is 0. The van der Waals surface area contributed by atoms with E-state index in [1.165, 1.54) is 17.2 Å². The molecule has 1 aliphatic carbocycles. The zero-order valence-corrected chi connectivity index (χ0v) is 11.7. The first-order valence-electron chi connectivity index (χ1n) is 6.99. The summed E-state index contributed by atoms with van der Waals surface area (Å²) in [7, 11) is 1.72. The molecule has 0 aliphatic heterocycles. The molecule has 1 nitrogen and oxygen atoms in total. The number of fused-ring (bicyclic) bond motifs is 1. The summed E-state index contributed by atoms with van der Waals surface area (Å²) in [5.41, 5.74) is 2.67. The molecule has 4 heteroatoms. The van der Waals surface area contributed by atoms with E-state index in [0.717, 1.165) is 18.9 Å². The minimum atomic E-state index is -1.40. The second-order valence-corrected chi connectivity index (χ2v) is 5.47. The number of hydrogen-bond donors (Lipinski definition) is 1. The van der Waals surface area contributed by atoms with Gasteiger partial charge in [0, 0.05) is 11.6 Å². The van der Waals surface area contributed by atoms with Crippen LogP contribution in [0.1, 0.15) is 22.7 Å². The smallest absolute Gasteiger partial charge is 0.194 e. The van der Waals surface area contributed by atoms with Crippen molar-refractivity contribution in [3.8, 4) is 0 Å². The molecule has 1 atom stereocenters. The maximum atomic E-state index is 14.0. The Bertz CT molecular complexity index is 644. The van der Waals surface area contributed by atoms with Gasteiger partial charge in [-0.25, -0.2) is 13.2 Å². The van der Waals surface area contributed by atoms with Crippen molar-refractivity contribution in [2.24, 2.45) is 5.92 Å². The van der Waals surface area contributed by atoms with E-state index in [2.05, 4.69) is 17.4 Å². The molecule has 0 saturated carbocycles. The van der Waals surface area contributed by atoms with E-state index in [-0.39, 0.29) is 17.5 Å². The van der Waals surface area contributed by atoms with Crippen molar-refractivity contribution < 1.29 is 13.2 Å². The zero-order chi connectivity index (χ0) is 15.0. The van der Waals surface area contributed by atoms with Crippen LogP contribution in [0.25, 0.3) is 0 Å². The van der Waals surface area contributed by atoms with Gasteiger partial charge in [-0.3, -0.25) is 0 Å². The molecule has 0 bridgehead atoms. The summed E-state index contributed by atoms with van der Waals surface area (Å²) in [5, 5.41) is 3.05. The number of rotatable bonds is 3. The van der Waals surface area contributed by atoms with E-state index in [4.69, 9.17) is 0 Å². The standard InChI is InChI=1S/C17H16F3N/c1-21-17(13-6-7-14(18)16(20)15(13)19)12-8-10-4-2-3-5-11(10)9-12/h2-7,12,17,21H,8-9H2,1H3. The van der Waals surface area contributed by atoms with Crippen molar-refractivity contribution in [2.45, 2.75) is 18.9 Å². The maximum Gasteiger partial charge on any atom is 0.194 e. The zero-order valence-electron chi connectivity index (χ0n) is 11.7. The lowest BCUT2D eigenvalue weighted by molar-refractivity contribution is 0.368. The maximum absolute atomic E-state index is 14.0. The van der Waals surface area contributed by atoms with E-state index in [9.17, 15) is 13.2 Å². The summed E-state index contributed by atoms with van der Waals surface area (Å²) in [6.07, 6.45) is 1.61. The molecule has 0 aromatic heterocycles. The number of halogens is 3. The fourth-order valence-electron chi connectivity index (χ4n) is 3.25. The van der Waals surface area contributed by atoms with Crippen LogP contribution in [0, 0.1) is 23.4 Å². The van der Waals surface area contributed by atoms with Crippen LogP contribution in [0.3, 0.4) is 0 Å². The summed E-state index contributed by atoms with van der Waals surface area (Å²) >= 11 is 0. The van der Waals surface area contributed by atoms with Crippen LogP contribution in [-0.2, 0) is 12.8 Å². The summed E-state index contributed by atoms with van der Waals surface area (Å²) < 4.78 is 40.6. The van der Waals surface area contributed by atoms with Crippen molar-refractivity contribution in [1.29, 1.82) is 0 Å². The quantitative estimate of drug-likeness (QED) is 0.849. The highest BCUT2D eigenvalue weighted by Crippen LogP contribution is 2.36. The Morgan fingerprint density at radius 1 is 0.952 bits per heavy atom. The van der Waals surface area contributed by atoms with Gasteiger partial charge in [-0.05, 0) is 43.0 Å². The van der Waals surface area contributed by atoms with E-state index < -0.39 is 17.5 Å². The average molecular weight is 291 g/mol. The topological polar surface area (TPSA) is 12.0 Å². The molecule has 0 radical (unpaired) electrons. The summed E-state index contributed by atoms with van der Waals surface area (Å²) in [6, 6.07) is 10.1. The van der Waals surface area contributed by atoms with Crippen molar-refractivity contribution in [3.05, 3.63) is 70.5 Å². The molecular formula is C17H16F3N. The molecule has 1 aliphatic rings. The van der Waals surface area contributed by atoms with E-state index in [0.29, 0.717) is 0 Å². The van der Waals surface area contributed by atoms with Gasteiger partial charge in [-0.1, -0.05) is 30.3 Å². The van der Waals surface area contributed by atoms with Gasteiger partial charge in [-0.2, -0.15) is 0 Å². The Labute approximate surface area is 121 Å². The van der Waals surface area contributed by atoms with Gasteiger partial charge in [0.2, 0.25) is 0 Å². The highest BCUT2D eigenvalue weighted by molar-refractivity contribution is 5.34. The van der Waals surface area contributed by atoms with Gasteiger partial charge in [0.15, 0.2) is 17.5 Å². The monoisotopic (exact) mass is 291 g/mol. The molecule has 0 fully saturated rings. The van der Waals surface area contributed by atoms with Crippen LogP contribution in [0.5, 0.6) is 0 Å². The number of benzene rings is 2. The number of hydrogen-bond acceptors (Lipinski definition) is 1. The highest BCUT2D eigenvalue weighted by Gasteiger charge is 2.31. The van der Waals surface area contributed by atoms with E-state index in [1.54, 1.807) is 7.05 Å². The van der Waals surface area contributed by atoms with Gasteiger partial charge in [-0.15, -0.1) is 0 Å². The SMILES string of the molecule is CNC(c1ccc(F)c(F)c1F)C1Cc2ccccc2C1. The third-order valence-corrected chi connectivity index (χ3v) is 4.27. The van der Waals surface area contributed by atoms with E-state index in [1.807, 2.05) is 12.1 Å². The molecule has 2 aromatic rings. The molecule has 21 heavy (non-hydrogen) atoms. The van der Waals surface area contributed by atoms with E-state index >= 15 is 0 Å². The first-order valence-corrected chi connectivity index (χ1v) is 6.99. The molecule has 2 aromatic carbocycles. The molecule has 110 valence electrons. The first kappa shape index (κ1) is 14.1.